The lowest BCUT2D eigenvalue weighted by Crippen LogP contribution is -2.27. The van der Waals surface area contributed by atoms with Crippen LogP contribution in [-0.4, -0.2) is 11.7 Å². The summed E-state index contributed by atoms with van der Waals surface area (Å²) in [6, 6.07) is 11.6. The molecule has 1 aromatic carbocycles. The molecule has 0 aliphatic rings. The highest BCUT2D eigenvalue weighted by Crippen LogP contribution is 2.26. The summed E-state index contributed by atoms with van der Waals surface area (Å²) in [4.78, 5) is 13.1. The number of thiophene rings is 1. The van der Waals surface area contributed by atoms with Crippen LogP contribution in [0.25, 0.3) is 0 Å². The van der Waals surface area contributed by atoms with Crippen molar-refractivity contribution in [3.8, 4) is 0 Å². The summed E-state index contributed by atoms with van der Waals surface area (Å²) < 4.78 is 6.38. The van der Waals surface area contributed by atoms with Crippen LogP contribution in [0.15, 0.2) is 40.2 Å². The maximum absolute atomic E-state index is 11.9. The number of nitrogens with one attached hydrogen (secondary N) is 2. The molecule has 0 saturated heterocycles. The first-order chi connectivity index (χ1) is 10.3. The molecule has 6 heteroatoms. The fourth-order valence-electron chi connectivity index (χ4n) is 1.79. The monoisotopic (exact) mass is 382 g/mol. The van der Waals surface area contributed by atoms with Gasteiger partial charge < -0.3 is 10.1 Å². The van der Waals surface area contributed by atoms with Crippen molar-refractivity contribution in [1.29, 1.82) is 0 Å². The van der Waals surface area contributed by atoms with Gasteiger partial charge in [0.25, 0.3) is 0 Å². The molecule has 22 heavy (non-hydrogen) atoms. The standard InChI is InChI=1S/C16H19BrN2O2S/c1-16(2,3)21-15(20)19-13-7-5-4-6-12(13)18-10-11-8-9-14(17)22-11/h4-9,18H,10H2,1-3H3,(H,19,20). The van der Waals surface area contributed by atoms with Crippen molar-refractivity contribution in [3.05, 3.63) is 45.1 Å². The van der Waals surface area contributed by atoms with Crippen molar-refractivity contribution in [2.45, 2.75) is 32.9 Å². The van der Waals surface area contributed by atoms with E-state index in [0.717, 1.165) is 9.47 Å². The number of para-hydroxylation sites is 2. The van der Waals surface area contributed by atoms with E-state index in [-0.39, 0.29) is 0 Å². The number of hydrogen-bond donors (Lipinski definition) is 2. The van der Waals surface area contributed by atoms with E-state index in [4.69, 9.17) is 4.74 Å². The van der Waals surface area contributed by atoms with Gasteiger partial charge in [-0.2, -0.15) is 0 Å². The summed E-state index contributed by atoms with van der Waals surface area (Å²) in [5.41, 5.74) is 1.04. The maximum Gasteiger partial charge on any atom is 0.412 e. The first-order valence-corrected chi connectivity index (χ1v) is 8.51. The summed E-state index contributed by atoms with van der Waals surface area (Å²) in [6.45, 7) is 6.21. The molecule has 0 aliphatic carbocycles. The van der Waals surface area contributed by atoms with Crippen LogP contribution in [-0.2, 0) is 11.3 Å². The smallest absolute Gasteiger partial charge is 0.412 e. The van der Waals surface area contributed by atoms with Crippen molar-refractivity contribution in [1.82, 2.24) is 0 Å². The van der Waals surface area contributed by atoms with Crippen LogP contribution in [0.2, 0.25) is 0 Å². The summed E-state index contributed by atoms with van der Waals surface area (Å²) in [7, 11) is 0. The third-order valence-corrected chi connectivity index (χ3v) is 4.27. The molecule has 0 bridgehead atoms. The number of amides is 1. The Hall–Kier alpha value is -1.53. The first-order valence-electron chi connectivity index (χ1n) is 6.90. The third-order valence-electron chi connectivity index (χ3n) is 2.64. The first kappa shape index (κ1) is 16.8. The molecule has 1 amide bonds. The minimum atomic E-state index is -0.518. The largest absolute Gasteiger partial charge is 0.444 e. The van der Waals surface area contributed by atoms with Gasteiger partial charge in [-0.25, -0.2) is 4.79 Å². The van der Waals surface area contributed by atoms with E-state index < -0.39 is 11.7 Å². The van der Waals surface area contributed by atoms with Gasteiger partial charge in [-0.1, -0.05) is 12.1 Å². The van der Waals surface area contributed by atoms with Gasteiger partial charge in [-0.15, -0.1) is 11.3 Å². The maximum atomic E-state index is 11.9. The van der Waals surface area contributed by atoms with E-state index in [1.54, 1.807) is 11.3 Å². The Morgan fingerprint density at radius 3 is 2.45 bits per heavy atom. The molecule has 0 saturated carbocycles. The van der Waals surface area contributed by atoms with Crippen LogP contribution < -0.4 is 10.6 Å². The summed E-state index contributed by atoms with van der Waals surface area (Å²) >= 11 is 5.13. The number of carbonyl (C=O) groups excluding carboxylic acids is 1. The van der Waals surface area contributed by atoms with Crippen molar-refractivity contribution in [2.75, 3.05) is 10.6 Å². The SMILES string of the molecule is CC(C)(C)OC(=O)Nc1ccccc1NCc1ccc(Br)s1. The molecule has 2 N–H and O–H groups in total. The molecule has 2 rings (SSSR count). The fourth-order valence-corrected chi connectivity index (χ4v) is 3.21. The van der Waals surface area contributed by atoms with Crippen molar-refractivity contribution in [3.63, 3.8) is 0 Å². The molecule has 4 nitrogen and oxygen atoms in total. The Morgan fingerprint density at radius 2 is 1.86 bits per heavy atom. The summed E-state index contributed by atoms with van der Waals surface area (Å²) in [5.74, 6) is 0. The topological polar surface area (TPSA) is 50.4 Å². The van der Waals surface area contributed by atoms with Crippen molar-refractivity contribution >= 4 is 44.7 Å². The number of benzene rings is 1. The molecule has 0 radical (unpaired) electrons. The van der Waals surface area contributed by atoms with Crippen LogP contribution >= 0.6 is 27.3 Å². The Balaban J connectivity index is 2.01. The quantitative estimate of drug-likeness (QED) is 0.736. The number of rotatable bonds is 4. The second kappa shape index (κ2) is 7.15. The van der Waals surface area contributed by atoms with Gasteiger partial charge in [0.2, 0.25) is 0 Å². The lowest BCUT2D eigenvalue weighted by Gasteiger charge is -2.20. The number of ether oxygens (including phenoxy) is 1. The van der Waals surface area contributed by atoms with Gasteiger partial charge >= 0.3 is 6.09 Å². The van der Waals surface area contributed by atoms with Crippen LogP contribution in [0.1, 0.15) is 25.6 Å². The van der Waals surface area contributed by atoms with Gasteiger partial charge in [0.15, 0.2) is 0 Å². The van der Waals surface area contributed by atoms with E-state index in [1.165, 1.54) is 4.88 Å². The summed E-state index contributed by atoms with van der Waals surface area (Å²) in [5, 5.41) is 6.11. The van der Waals surface area contributed by atoms with Crippen LogP contribution in [0.5, 0.6) is 0 Å². The van der Waals surface area contributed by atoms with Crippen molar-refractivity contribution in [2.24, 2.45) is 0 Å². The number of carbonyl (C=O) groups is 1. The minimum Gasteiger partial charge on any atom is -0.444 e. The molecule has 0 spiro atoms. The number of halogens is 1. The van der Waals surface area contributed by atoms with Gasteiger partial charge in [0, 0.05) is 11.4 Å². The minimum absolute atomic E-state index is 0.458. The van der Waals surface area contributed by atoms with E-state index in [1.807, 2.05) is 51.1 Å². The second-order valence-corrected chi connectivity index (χ2v) is 8.28. The van der Waals surface area contributed by atoms with Crippen molar-refractivity contribution < 1.29 is 9.53 Å². The zero-order valence-electron chi connectivity index (χ0n) is 12.8. The average Bonchev–Trinajstić information content (AvgIpc) is 2.81. The molecule has 1 heterocycles. The van der Waals surface area contributed by atoms with Gasteiger partial charge in [0.05, 0.1) is 15.2 Å². The molecule has 0 unspecified atom stereocenters. The number of anilines is 2. The molecule has 0 fully saturated rings. The fraction of sp³-hybridized carbons (Fsp3) is 0.312. The average molecular weight is 383 g/mol. The van der Waals surface area contributed by atoms with Gasteiger partial charge in [-0.3, -0.25) is 5.32 Å². The van der Waals surface area contributed by atoms with Crippen LogP contribution in [0.3, 0.4) is 0 Å². The Morgan fingerprint density at radius 1 is 1.18 bits per heavy atom. The molecule has 0 atom stereocenters. The summed E-state index contributed by atoms with van der Waals surface area (Å²) in [6.07, 6.45) is -0.458. The predicted octanol–water partition coefficient (Wildman–Crippen LogP) is 5.47. The van der Waals surface area contributed by atoms with E-state index in [0.29, 0.717) is 12.2 Å². The molecule has 118 valence electrons. The van der Waals surface area contributed by atoms with E-state index in [9.17, 15) is 4.79 Å². The highest BCUT2D eigenvalue weighted by Gasteiger charge is 2.17. The second-order valence-electron chi connectivity index (χ2n) is 5.73. The highest BCUT2D eigenvalue weighted by atomic mass is 79.9. The molecule has 0 aliphatic heterocycles. The Kier molecular flexibility index (Phi) is 5.47. The lowest BCUT2D eigenvalue weighted by molar-refractivity contribution is 0.0636. The zero-order chi connectivity index (χ0) is 16.2. The highest BCUT2D eigenvalue weighted by molar-refractivity contribution is 9.11. The number of hydrogen-bond acceptors (Lipinski definition) is 4. The van der Waals surface area contributed by atoms with Crippen LogP contribution in [0.4, 0.5) is 16.2 Å². The predicted molar refractivity (Wildman–Crippen MR) is 95.6 cm³/mol. The van der Waals surface area contributed by atoms with Gasteiger partial charge in [-0.05, 0) is 61.0 Å². The Labute approximate surface area is 143 Å². The normalized spacial score (nSPS) is 11.1. The molecule has 1 aromatic heterocycles. The molecular weight excluding hydrogens is 364 g/mol. The van der Waals surface area contributed by atoms with Crippen LogP contribution in [0, 0.1) is 0 Å². The molecular formula is C16H19BrN2O2S. The van der Waals surface area contributed by atoms with E-state index in [2.05, 4.69) is 32.6 Å². The lowest BCUT2D eigenvalue weighted by atomic mass is 10.2. The van der Waals surface area contributed by atoms with Gasteiger partial charge in [0.1, 0.15) is 5.60 Å². The third kappa shape index (κ3) is 5.35. The Bertz CT molecular complexity index is 650. The molecule has 2 aromatic rings. The van der Waals surface area contributed by atoms with E-state index >= 15 is 0 Å². The zero-order valence-corrected chi connectivity index (χ0v) is 15.2.